The molecule has 6 nitrogen and oxygen atoms in total. The fourth-order valence-corrected chi connectivity index (χ4v) is 6.42. The third-order valence-electron chi connectivity index (χ3n) is 8.83. The molecule has 5 rings (SSSR count). The van der Waals surface area contributed by atoms with Crippen molar-refractivity contribution in [1.29, 1.82) is 5.26 Å². The second kappa shape index (κ2) is 11.9. The van der Waals surface area contributed by atoms with Gasteiger partial charge in [-0.2, -0.15) is 5.26 Å². The molecule has 38 heavy (non-hydrogen) atoms. The number of likely N-dealkylation sites (N-methyl/N-ethyl adjacent to an activating group) is 1. The molecule has 0 unspecified atom stereocenters. The first kappa shape index (κ1) is 26.8. The summed E-state index contributed by atoms with van der Waals surface area (Å²) in [4.78, 5) is 20.6. The number of hydrogen-bond donors (Lipinski definition) is 1. The van der Waals surface area contributed by atoms with Gasteiger partial charge in [-0.3, -0.25) is 9.69 Å². The lowest BCUT2D eigenvalue weighted by Crippen LogP contribution is -2.61. The van der Waals surface area contributed by atoms with Gasteiger partial charge in [-0.15, -0.1) is 0 Å². The Morgan fingerprint density at radius 2 is 1.87 bits per heavy atom. The van der Waals surface area contributed by atoms with E-state index in [4.69, 9.17) is 5.73 Å². The predicted molar refractivity (Wildman–Crippen MR) is 148 cm³/mol. The summed E-state index contributed by atoms with van der Waals surface area (Å²) in [6, 6.07) is 13.7. The summed E-state index contributed by atoms with van der Waals surface area (Å²) in [7, 11) is 1.86. The summed E-state index contributed by atoms with van der Waals surface area (Å²) >= 11 is 0. The van der Waals surface area contributed by atoms with Gasteiger partial charge in [0, 0.05) is 63.3 Å². The second-order valence-electron chi connectivity index (χ2n) is 11.5. The van der Waals surface area contributed by atoms with Crippen molar-refractivity contribution < 1.29 is 9.18 Å². The molecule has 0 radical (unpaired) electrons. The minimum Gasteiger partial charge on any atom is -0.341 e. The number of hydrogen-bond acceptors (Lipinski definition) is 5. The van der Waals surface area contributed by atoms with Crippen molar-refractivity contribution in [2.75, 3.05) is 46.3 Å². The number of amides is 1. The number of fused-ring (bicyclic) bond motifs is 1. The largest absolute Gasteiger partial charge is 0.341 e. The highest BCUT2D eigenvalue weighted by molar-refractivity contribution is 5.96. The second-order valence-corrected chi connectivity index (χ2v) is 11.5. The van der Waals surface area contributed by atoms with Gasteiger partial charge < -0.3 is 15.5 Å². The maximum Gasteiger partial charge on any atom is 0.253 e. The molecule has 2 fully saturated rings. The van der Waals surface area contributed by atoms with E-state index in [1.165, 1.54) is 12.1 Å². The molecule has 1 aliphatic carbocycles. The zero-order chi connectivity index (χ0) is 26.6. The van der Waals surface area contributed by atoms with Crippen LogP contribution in [-0.2, 0) is 12.8 Å². The summed E-state index contributed by atoms with van der Waals surface area (Å²) in [6.07, 6.45) is 7.05. The lowest BCUT2D eigenvalue weighted by molar-refractivity contribution is 0.0188. The van der Waals surface area contributed by atoms with E-state index >= 15 is 0 Å². The number of nitrogens with two attached hydrogens (primary N) is 1. The van der Waals surface area contributed by atoms with Crippen LogP contribution in [0.1, 0.15) is 70.6 Å². The summed E-state index contributed by atoms with van der Waals surface area (Å²) in [5, 5.41) is 9.55. The average Bonchev–Trinajstić information content (AvgIpc) is 2.91. The van der Waals surface area contributed by atoms with E-state index in [1.807, 2.05) is 25.2 Å². The van der Waals surface area contributed by atoms with Gasteiger partial charge >= 0.3 is 0 Å². The number of carbonyl (C=O) groups is 1. The Morgan fingerprint density at radius 3 is 2.58 bits per heavy atom. The summed E-state index contributed by atoms with van der Waals surface area (Å²) in [6.45, 7) is 5.86. The van der Waals surface area contributed by atoms with Crippen LogP contribution in [0.15, 0.2) is 36.4 Å². The van der Waals surface area contributed by atoms with Gasteiger partial charge in [0.2, 0.25) is 0 Å². The number of halogens is 1. The van der Waals surface area contributed by atoms with Crippen molar-refractivity contribution in [2.45, 2.75) is 62.9 Å². The van der Waals surface area contributed by atoms with Crippen molar-refractivity contribution in [2.24, 2.45) is 5.73 Å². The lowest BCUT2D eigenvalue weighted by atomic mass is 9.86. The van der Waals surface area contributed by atoms with E-state index in [1.54, 1.807) is 11.0 Å². The van der Waals surface area contributed by atoms with Crippen LogP contribution in [0.25, 0.3) is 0 Å². The maximum atomic E-state index is 13.7. The quantitative estimate of drug-likeness (QED) is 0.574. The topological polar surface area (TPSA) is 76.6 Å². The van der Waals surface area contributed by atoms with Crippen LogP contribution >= 0.6 is 0 Å². The number of carbonyl (C=O) groups excluding carboxylic acids is 1. The minimum absolute atomic E-state index is 0.0281. The Labute approximate surface area is 226 Å². The van der Waals surface area contributed by atoms with E-state index in [2.05, 4.69) is 15.9 Å². The van der Waals surface area contributed by atoms with Gasteiger partial charge in [0.05, 0.1) is 11.6 Å². The highest BCUT2D eigenvalue weighted by atomic mass is 19.1. The normalized spacial score (nSPS) is 19.8. The standard InChI is InChI=1S/C31H40FN5O/c1-35(31(38)30-17-22(18-33)16-24-4-2-3-5-29(24)30)19-25(23-6-8-26(32)9-7-23)10-13-36-20-28(21-36)37-14-11-27(34)12-15-37/h6-9,16-17,25,27-28H,2-5,10-15,19-21,34H2,1H3/t25-/m1/s1. The van der Waals surface area contributed by atoms with E-state index < -0.39 is 0 Å². The van der Waals surface area contributed by atoms with Crippen molar-refractivity contribution >= 4 is 5.91 Å². The Kier molecular flexibility index (Phi) is 8.42. The lowest BCUT2D eigenvalue weighted by Gasteiger charge is -2.47. The maximum absolute atomic E-state index is 13.7. The molecular formula is C31H40FN5O. The molecular weight excluding hydrogens is 477 g/mol. The molecule has 7 heteroatoms. The molecule has 0 spiro atoms. The Morgan fingerprint density at radius 1 is 1.16 bits per heavy atom. The molecule has 2 aliphatic heterocycles. The molecule has 3 aliphatic rings. The number of aryl methyl sites for hydroxylation is 1. The van der Waals surface area contributed by atoms with Crippen molar-refractivity contribution in [3.8, 4) is 6.07 Å². The van der Waals surface area contributed by atoms with Crippen LogP contribution in [-0.4, -0.2) is 79.0 Å². The SMILES string of the molecule is CN(C[C@@H](CCN1CC(N2CCC(N)CC2)C1)c1ccc(F)cc1)C(=O)c1cc(C#N)cc2c1CCCC2. The Hall–Kier alpha value is -2.79. The highest BCUT2D eigenvalue weighted by Crippen LogP contribution is 2.29. The number of rotatable bonds is 8. The molecule has 0 saturated carbocycles. The van der Waals surface area contributed by atoms with Crippen LogP contribution in [0.3, 0.4) is 0 Å². The zero-order valence-electron chi connectivity index (χ0n) is 22.5. The Bertz CT molecular complexity index is 1160. The molecule has 1 amide bonds. The third-order valence-corrected chi connectivity index (χ3v) is 8.83. The van der Waals surface area contributed by atoms with Crippen LogP contribution in [0.2, 0.25) is 0 Å². The fraction of sp³-hybridized carbons (Fsp3) is 0.548. The van der Waals surface area contributed by atoms with Crippen LogP contribution < -0.4 is 5.73 Å². The van der Waals surface area contributed by atoms with Gasteiger partial charge in [-0.05, 0) is 92.4 Å². The van der Waals surface area contributed by atoms with Crippen molar-refractivity contribution in [3.63, 3.8) is 0 Å². The van der Waals surface area contributed by atoms with Crippen LogP contribution in [0, 0.1) is 17.1 Å². The first-order chi connectivity index (χ1) is 18.4. The van der Waals surface area contributed by atoms with Crippen LogP contribution in [0.5, 0.6) is 0 Å². The summed E-state index contributed by atoms with van der Waals surface area (Å²) in [5.74, 6) is -0.171. The van der Waals surface area contributed by atoms with Crippen molar-refractivity contribution in [1.82, 2.24) is 14.7 Å². The van der Waals surface area contributed by atoms with Crippen molar-refractivity contribution in [3.05, 3.63) is 70.0 Å². The fourth-order valence-electron chi connectivity index (χ4n) is 6.42. The zero-order valence-corrected chi connectivity index (χ0v) is 22.5. The van der Waals surface area contributed by atoms with Crippen LogP contribution in [0.4, 0.5) is 4.39 Å². The molecule has 202 valence electrons. The molecule has 1 atom stereocenters. The van der Waals surface area contributed by atoms with Gasteiger partial charge in [-0.25, -0.2) is 4.39 Å². The van der Waals surface area contributed by atoms with E-state index in [-0.39, 0.29) is 17.6 Å². The highest BCUT2D eigenvalue weighted by Gasteiger charge is 2.33. The summed E-state index contributed by atoms with van der Waals surface area (Å²) in [5.41, 5.74) is 10.6. The number of nitriles is 1. The third kappa shape index (κ3) is 6.09. The molecule has 2 N–H and O–H groups in total. The smallest absolute Gasteiger partial charge is 0.253 e. The monoisotopic (exact) mass is 517 g/mol. The van der Waals surface area contributed by atoms with Gasteiger partial charge in [-0.1, -0.05) is 12.1 Å². The number of piperidine rings is 1. The van der Waals surface area contributed by atoms with E-state index in [9.17, 15) is 14.4 Å². The number of benzene rings is 2. The van der Waals surface area contributed by atoms with E-state index in [0.29, 0.717) is 29.8 Å². The molecule has 0 bridgehead atoms. The molecule has 0 aromatic heterocycles. The molecule has 2 heterocycles. The summed E-state index contributed by atoms with van der Waals surface area (Å²) < 4.78 is 13.7. The Balaban J connectivity index is 1.25. The number of likely N-dealkylation sites (tertiary alicyclic amines) is 2. The first-order valence-corrected chi connectivity index (χ1v) is 14.2. The molecule has 2 aromatic carbocycles. The minimum atomic E-state index is -0.247. The van der Waals surface area contributed by atoms with Gasteiger partial charge in [0.1, 0.15) is 5.82 Å². The molecule has 2 saturated heterocycles. The predicted octanol–water partition coefficient (Wildman–Crippen LogP) is 3.93. The first-order valence-electron chi connectivity index (χ1n) is 14.2. The van der Waals surface area contributed by atoms with E-state index in [0.717, 1.165) is 94.4 Å². The molecule has 2 aromatic rings. The van der Waals surface area contributed by atoms with Gasteiger partial charge in [0.25, 0.3) is 5.91 Å². The van der Waals surface area contributed by atoms with Gasteiger partial charge in [0.15, 0.2) is 0 Å². The average molecular weight is 518 g/mol. The number of nitrogens with zero attached hydrogens (tertiary/aromatic N) is 4.